The van der Waals surface area contributed by atoms with Gasteiger partial charge in [0.25, 0.3) is 0 Å². The van der Waals surface area contributed by atoms with Gasteiger partial charge >= 0.3 is 0 Å². The maximum absolute atomic E-state index is 12.7. The summed E-state index contributed by atoms with van der Waals surface area (Å²) in [6.45, 7) is 0.975. The van der Waals surface area contributed by atoms with Crippen LogP contribution in [-0.2, 0) is 10.2 Å². The molecule has 3 nitrogen and oxygen atoms in total. The van der Waals surface area contributed by atoms with E-state index in [9.17, 15) is 9.90 Å². The van der Waals surface area contributed by atoms with Gasteiger partial charge in [0.1, 0.15) is 0 Å². The SMILES string of the molecule is O=C(NCC1CCCC1CO)C1(c2ccccc2)CCC1. The van der Waals surface area contributed by atoms with Crippen molar-refractivity contribution in [3.8, 4) is 0 Å². The number of hydrogen-bond donors (Lipinski definition) is 2. The summed E-state index contributed by atoms with van der Waals surface area (Å²) in [5.41, 5.74) is 0.855. The van der Waals surface area contributed by atoms with E-state index in [-0.39, 0.29) is 17.9 Å². The third kappa shape index (κ3) is 2.71. The number of carbonyl (C=O) groups is 1. The Hall–Kier alpha value is -1.35. The molecule has 1 aromatic carbocycles. The first-order chi connectivity index (χ1) is 10.3. The van der Waals surface area contributed by atoms with Gasteiger partial charge in [-0.05, 0) is 43.1 Å². The van der Waals surface area contributed by atoms with Crippen LogP contribution in [0.25, 0.3) is 0 Å². The molecule has 2 N–H and O–H groups in total. The number of hydrogen-bond acceptors (Lipinski definition) is 2. The molecule has 0 radical (unpaired) electrons. The number of amides is 1. The summed E-state index contributed by atoms with van der Waals surface area (Å²) in [6, 6.07) is 10.2. The molecule has 0 heterocycles. The normalized spacial score (nSPS) is 27.1. The second-order valence-corrected chi connectivity index (χ2v) is 6.65. The van der Waals surface area contributed by atoms with Crippen LogP contribution in [0.15, 0.2) is 30.3 Å². The molecule has 3 heteroatoms. The number of nitrogens with one attached hydrogen (secondary N) is 1. The molecule has 1 aromatic rings. The lowest BCUT2D eigenvalue weighted by Gasteiger charge is -2.41. The van der Waals surface area contributed by atoms with Gasteiger partial charge in [0, 0.05) is 13.2 Å². The lowest BCUT2D eigenvalue weighted by molar-refractivity contribution is -0.130. The zero-order valence-corrected chi connectivity index (χ0v) is 12.6. The Morgan fingerprint density at radius 2 is 1.86 bits per heavy atom. The summed E-state index contributed by atoms with van der Waals surface area (Å²) in [7, 11) is 0. The van der Waals surface area contributed by atoms with Crippen molar-refractivity contribution in [3.63, 3.8) is 0 Å². The molecule has 0 saturated heterocycles. The zero-order valence-electron chi connectivity index (χ0n) is 12.6. The minimum absolute atomic E-state index is 0.184. The van der Waals surface area contributed by atoms with E-state index in [1.54, 1.807) is 0 Å². The molecule has 2 aliphatic carbocycles. The van der Waals surface area contributed by atoms with Crippen LogP contribution in [0.5, 0.6) is 0 Å². The van der Waals surface area contributed by atoms with Crippen molar-refractivity contribution >= 4 is 5.91 Å². The standard InChI is InChI=1S/C18H25NO2/c20-13-15-7-4-6-14(15)12-19-17(21)18(10-5-11-18)16-8-2-1-3-9-16/h1-3,8-9,14-15,20H,4-7,10-13H2,(H,19,21). The van der Waals surface area contributed by atoms with Gasteiger partial charge in [-0.25, -0.2) is 0 Å². The highest BCUT2D eigenvalue weighted by atomic mass is 16.3. The fourth-order valence-electron chi connectivity index (χ4n) is 3.95. The van der Waals surface area contributed by atoms with Crippen LogP contribution in [0.2, 0.25) is 0 Å². The number of benzene rings is 1. The van der Waals surface area contributed by atoms with Gasteiger partial charge in [0.05, 0.1) is 5.41 Å². The second kappa shape index (κ2) is 6.18. The molecule has 1 amide bonds. The highest BCUT2D eigenvalue weighted by Crippen LogP contribution is 2.44. The molecule has 21 heavy (non-hydrogen) atoms. The van der Waals surface area contributed by atoms with Crippen LogP contribution in [0, 0.1) is 11.8 Å². The summed E-state index contributed by atoms with van der Waals surface area (Å²) in [6.07, 6.45) is 6.44. The highest BCUT2D eigenvalue weighted by molar-refractivity contribution is 5.89. The third-order valence-electron chi connectivity index (χ3n) is 5.54. The minimum atomic E-state index is -0.297. The van der Waals surface area contributed by atoms with Crippen LogP contribution >= 0.6 is 0 Å². The lowest BCUT2D eigenvalue weighted by Crippen LogP contribution is -2.50. The number of aliphatic hydroxyl groups excluding tert-OH is 1. The van der Waals surface area contributed by atoms with E-state index < -0.39 is 0 Å². The van der Waals surface area contributed by atoms with Crippen LogP contribution in [0.1, 0.15) is 44.1 Å². The molecule has 2 unspecified atom stereocenters. The summed E-state index contributed by atoms with van der Waals surface area (Å²) in [4.78, 5) is 12.7. The van der Waals surface area contributed by atoms with E-state index in [1.807, 2.05) is 18.2 Å². The summed E-state index contributed by atoms with van der Waals surface area (Å²) in [5, 5.41) is 12.6. The van der Waals surface area contributed by atoms with Crippen LogP contribution < -0.4 is 5.32 Å². The fraction of sp³-hybridized carbons (Fsp3) is 0.611. The average molecular weight is 287 g/mol. The Morgan fingerprint density at radius 1 is 1.14 bits per heavy atom. The Balaban J connectivity index is 1.64. The van der Waals surface area contributed by atoms with Gasteiger partial charge in [0.15, 0.2) is 0 Å². The second-order valence-electron chi connectivity index (χ2n) is 6.65. The van der Waals surface area contributed by atoms with Gasteiger partial charge in [-0.3, -0.25) is 4.79 Å². The predicted molar refractivity (Wildman–Crippen MR) is 82.9 cm³/mol. The Labute approximate surface area is 126 Å². The van der Waals surface area contributed by atoms with Gasteiger partial charge in [-0.15, -0.1) is 0 Å². The Bertz CT molecular complexity index is 481. The van der Waals surface area contributed by atoms with Crippen molar-refractivity contribution in [1.82, 2.24) is 5.32 Å². The molecule has 2 saturated carbocycles. The van der Waals surface area contributed by atoms with Gasteiger partial charge < -0.3 is 10.4 Å². The molecule has 0 aliphatic heterocycles. The Kier molecular flexibility index (Phi) is 4.29. The smallest absolute Gasteiger partial charge is 0.230 e. The maximum Gasteiger partial charge on any atom is 0.230 e. The van der Waals surface area contributed by atoms with E-state index in [0.29, 0.717) is 11.8 Å². The van der Waals surface area contributed by atoms with Crippen LogP contribution in [0.3, 0.4) is 0 Å². The Morgan fingerprint density at radius 3 is 2.48 bits per heavy atom. The van der Waals surface area contributed by atoms with E-state index in [0.717, 1.165) is 44.2 Å². The van der Waals surface area contributed by atoms with Crippen LogP contribution in [0.4, 0.5) is 0 Å². The molecule has 114 valence electrons. The molecule has 0 spiro atoms. The quantitative estimate of drug-likeness (QED) is 0.874. The number of rotatable bonds is 5. The van der Waals surface area contributed by atoms with Gasteiger partial charge in [-0.1, -0.05) is 43.2 Å². The van der Waals surface area contributed by atoms with E-state index in [2.05, 4.69) is 17.4 Å². The zero-order chi connectivity index (χ0) is 14.7. The monoisotopic (exact) mass is 287 g/mol. The average Bonchev–Trinajstić information content (AvgIpc) is 2.92. The van der Waals surface area contributed by atoms with E-state index >= 15 is 0 Å². The molecule has 2 atom stereocenters. The molecule has 3 rings (SSSR count). The van der Waals surface area contributed by atoms with E-state index in [4.69, 9.17) is 0 Å². The topological polar surface area (TPSA) is 49.3 Å². The molecule has 2 aliphatic rings. The summed E-state index contributed by atoms with van der Waals surface area (Å²) in [5.74, 6) is 1.01. The molecular weight excluding hydrogens is 262 g/mol. The van der Waals surface area contributed by atoms with E-state index in [1.165, 1.54) is 6.42 Å². The number of aliphatic hydroxyl groups is 1. The first-order valence-electron chi connectivity index (χ1n) is 8.21. The van der Waals surface area contributed by atoms with Crippen LogP contribution in [-0.4, -0.2) is 24.2 Å². The highest BCUT2D eigenvalue weighted by Gasteiger charge is 2.45. The molecule has 0 aromatic heterocycles. The summed E-state index contributed by atoms with van der Waals surface area (Å²) >= 11 is 0. The number of carbonyl (C=O) groups excluding carboxylic acids is 1. The maximum atomic E-state index is 12.7. The van der Waals surface area contributed by atoms with Crippen molar-refractivity contribution in [1.29, 1.82) is 0 Å². The van der Waals surface area contributed by atoms with Gasteiger partial charge in [-0.2, -0.15) is 0 Å². The molecular formula is C18H25NO2. The predicted octanol–water partition coefficient (Wildman–Crippen LogP) is 2.63. The lowest BCUT2D eigenvalue weighted by atomic mass is 9.64. The van der Waals surface area contributed by atoms with Gasteiger partial charge in [0.2, 0.25) is 5.91 Å². The van der Waals surface area contributed by atoms with Crippen molar-refractivity contribution < 1.29 is 9.90 Å². The molecule has 0 bridgehead atoms. The van der Waals surface area contributed by atoms with Crippen molar-refractivity contribution in [2.45, 2.75) is 43.9 Å². The first-order valence-corrected chi connectivity index (χ1v) is 8.21. The first kappa shape index (κ1) is 14.6. The minimum Gasteiger partial charge on any atom is -0.396 e. The van der Waals surface area contributed by atoms with Crippen molar-refractivity contribution in [2.24, 2.45) is 11.8 Å². The van der Waals surface area contributed by atoms with Crippen molar-refractivity contribution in [2.75, 3.05) is 13.2 Å². The summed E-state index contributed by atoms with van der Waals surface area (Å²) < 4.78 is 0. The molecule has 2 fully saturated rings. The fourth-order valence-corrected chi connectivity index (χ4v) is 3.95. The largest absolute Gasteiger partial charge is 0.396 e. The van der Waals surface area contributed by atoms with Crippen molar-refractivity contribution in [3.05, 3.63) is 35.9 Å². The third-order valence-corrected chi connectivity index (χ3v) is 5.54.